The number of carbonyl (C=O) groups excluding carboxylic acids is 1. The summed E-state index contributed by atoms with van der Waals surface area (Å²) in [5.74, 6) is 0.138. The average molecular weight is 568 g/mol. The van der Waals surface area contributed by atoms with Crippen molar-refractivity contribution in [2.75, 3.05) is 31.3 Å². The van der Waals surface area contributed by atoms with Gasteiger partial charge in [-0.1, -0.05) is 29.8 Å². The summed E-state index contributed by atoms with van der Waals surface area (Å²) in [5.41, 5.74) is 5.15. The molecule has 2 aromatic carbocycles. The van der Waals surface area contributed by atoms with Gasteiger partial charge >= 0.3 is 0 Å². The van der Waals surface area contributed by atoms with Gasteiger partial charge in [0.25, 0.3) is 5.56 Å². The Morgan fingerprint density at radius 1 is 1.02 bits per heavy atom. The third-order valence-electron chi connectivity index (χ3n) is 6.69. The largest absolute Gasteiger partial charge is 0.326 e. The molecule has 5 aromatic rings. The second-order valence-electron chi connectivity index (χ2n) is 10.1. The number of anilines is 3. The first-order valence-corrected chi connectivity index (χ1v) is 13.5. The Labute approximate surface area is 242 Å². The number of pyridine rings is 2. The van der Waals surface area contributed by atoms with Gasteiger partial charge in [-0.3, -0.25) is 19.1 Å². The minimum absolute atomic E-state index is 0.244. The van der Waals surface area contributed by atoms with E-state index in [1.165, 1.54) is 17.1 Å². The number of aromatic nitrogens is 4. The van der Waals surface area contributed by atoms with E-state index >= 15 is 0 Å². The Bertz CT molecular complexity index is 1790. The zero-order valence-electron chi connectivity index (χ0n) is 23.3. The molecule has 1 amide bonds. The van der Waals surface area contributed by atoms with Crippen molar-refractivity contribution < 1.29 is 4.79 Å². The summed E-state index contributed by atoms with van der Waals surface area (Å²) in [6, 6.07) is 17.0. The molecule has 0 saturated carbocycles. The predicted molar refractivity (Wildman–Crippen MR) is 165 cm³/mol. The van der Waals surface area contributed by atoms with Crippen LogP contribution in [0.2, 0.25) is 5.02 Å². The fraction of sp³-hybridized carbons (Fsp3) is 0.194. The van der Waals surface area contributed by atoms with E-state index in [-0.39, 0.29) is 11.5 Å². The third-order valence-corrected chi connectivity index (χ3v) is 7.00. The van der Waals surface area contributed by atoms with Gasteiger partial charge in [0.2, 0.25) is 11.9 Å². The van der Waals surface area contributed by atoms with Crippen LogP contribution in [0.5, 0.6) is 0 Å². The molecule has 5 rings (SSSR count). The molecule has 41 heavy (non-hydrogen) atoms. The highest BCUT2D eigenvalue weighted by Gasteiger charge is 2.18. The minimum atomic E-state index is -0.280. The fourth-order valence-electron chi connectivity index (χ4n) is 4.57. The van der Waals surface area contributed by atoms with Crippen LogP contribution >= 0.6 is 11.6 Å². The zero-order valence-corrected chi connectivity index (χ0v) is 24.0. The molecule has 2 N–H and O–H groups in total. The van der Waals surface area contributed by atoms with Crippen LogP contribution in [0.15, 0.2) is 78.0 Å². The third kappa shape index (κ3) is 6.26. The van der Waals surface area contributed by atoms with Crippen LogP contribution in [0.25, 0.3) is 33.3 Å². The molecular weight excluding hydrogens is 538 g/mol. The van der Waals surface area contributed by atoms with E-state index in [0.717, 1.165) is 24.2 Å². The van der Waals surface area contributed by atoms with Crippen molar-refractivity contribution in [1.29, 1.82) is 0 Å². The first-order valence-electron chi connectivity index (χ1n) is 13.1. The molecule has 0 aliphatic rings. The number of benzene rings is 2. The highest BCUT2D eigenvalue weighted by Crippen LogP contribution is 2.37. The van der Waals surface area contributed by atoms with Gasteiger partial charge in [0.1, 0.15) is 5.65 Å². The first kappa shape index (κ1) is 27.9. The molecule has 0 fully saturated rings. The topological polar surface area (TPSA) is 105 Å². The molecular formula is C31H30ClN7O2. The van der Waals surface area contributed by atoms with Crippen molar-refractivity contribution in [2.24, 2.45) is 7.05 Å². The predicted octanol–water partition coefficient (Wildman–Crippen LogP) is 5.52. The molecule has 208 valence electrons. The molecule has 0 aliphatic heterocycles. The van der Waals surface area contributed by atoms with Crippen LogP contribution < -0.4 is 16.2 Å². The maximum atomic E-state index is 13.6. The number of hydrogen-bond acceptors (Lipinski definition) is 7. The molecule has 0 spiro atoms. The number of fused-ring (bicyclic) bond motifs is 1. The van der Waals surface area contributed by atoms with Crippen molar-refractivity contribution in [1.82, 2.24) is 24.4 Å². The molecule has 0 bridgehead atoms. The van der Waals surface area contributed by atoms with Gasteiger partial charge in [0.15, 0.2) is 0 Å². The Morgan fingerprint density at radius 2 is 1.80 bits per heavy atom. The summed E-state index contributed by atoms with van der Waals surface area (Å²) in [5, 5.41) is 7.11. The molecule has 9 nitrogen and oxygen atoms in total. The molecule has 0 unspecified atom stereocenters. The second-order valence-corrected chi connectivity index (χ2v) is 10.5. The van der Waals surface area contributed by atoms with Gasteiger partial charge in [-0.15, -0.1) is 0 Å². The maximum Gasteiger partial charge on any atom is 0.259 e. The van der Waals surface area contributed by atoms with Gasteiger partial charge < -0.3 is 15.5 Å². The van der Waals surface area contributed by atoms with E-state index in [4.69, 9.17) is 11.6 Å². The van der Waals surface area contributed by atoms with E-state index in [0.29, 0.717) is 44.4 Å². The average Bonchev–Trinajstić information content (AvgIpc) is 2.96. The van der Waals surface area contributed by atoms with Crippen molar-refractivity contribution in [3.8, 4) is 22.3 Å². The van der Waals surface area contributed by atoms with Crippen molar-refractivity contribution in [2.45, 2.75) is 13.3 Å². The lowest BCUT2D eigenvalue weighted by Gasteiger charge is -2.15. The number of halogens is 1. The number of rotatable bonds is 8. The summed E-state index contributed by atoms with van der Waals surface area (Å²) < 4.78 is 1.48. The van der Waals surface area contributed by atoms with E-state index in [2.05, 4.69) is 56.7 Å². The number of amides is 1. The summed E-state index contributed by atoms with van der Waals surface area (Å²) in [6.45, 7) is 2.41. The van der Waals surface area contributed by atoms with Gasteiger partial charge in [0, 0.05) is 83.1 Å². The van der Waals surface area contributed by atoms with Gasteiger partial charge in [-0.05, 0) is 62.5 Å². The van der Waals surface area contributed by atoms with Crippen LogP contribution in [0.4, 0.5) is 17.3 Å². The van der Waals surface area contributed by atoms with Gasteiger partial charge in [-0.25, -0.2) is 4.98 Å². The highest BCUT2D eigenvalue weighted by atomic mass is 35.5. The normalized spacial score (nSPS) is 11.2. The van der Waals surface area contributed by atoms with Crippen LogP contribution in [0.3, 0.4) is 0 Å². The summed E-state index contributed by atoms with van der Waals surface area (Å²) in [4.78, 5) is 41.0. The van der Waals surface area contributed by atoms with E-state index in [1.807, 2.05) is 18.2 Å². The molecule has 0 aliphatic carbocycles. The lowest BCUT2D eigenvalue weighted by Crippen LogP contribution is -2.20. The van der Waals surface area contributed by atoms with Crippen LogP contribution in [-0.4, -0.2) is 51.0 Å². The second kappa shape index (κ2) is 11.9. The molecule has 0 saturated heterocycles. The number of likely N-dealkylation sites (N-methyl/N-ethyl adjacent to an activating group) is 1. The number of hydrogen-bond donors (Lipinski definition) is 2. The standard InChI is InChI=1S/C31H30ClN7O2/c1-19(40)35-28-16-25(27(32)15-24(28)21-6-5-12-33-17-21)26-14-22-18-34-31(37-29(22)39(4)30(26)41)36-23-9-7-20(8-10-23)11-13-38(2)3/h5-10,12,14-18H,11,13H2,1-4H3,(H,35,40)(H,34,36,37). The highest BCUT2D eigenvalue weighted by molar-refractivity contribution is 6.34. The Hall–Kier alpha value is -4.60. The molecule has 0 radical (unpaired) electrons. The van der Waals surface area contributed by atoms with Gasteiger partial charge in [0.05, 0.1) is 0 Å². The Balaban J connectivity index is 1.50. The van der Waals surface area contributed by atoms with E-state index in [1.54, 1.807) is 49.9 Å². The Morgan fingerprint density at radius 3 is 2.49 bits per heavy atom. The number of nitrogens with one attached hydrogen (secondary N) is 2. The minimum Gasteiger partial charge on any atom is -0.326 e. The number of carbonyl (C=O) groups is 1. The van der Waals surface area contributed by atoms with E-state index < -0.39 is 0 Å². The van der Waals surface area contributed by atoms with Crippen LogP contribution in [0.1, 0.15) is 12.5 Å². The lowest BCUT2D eigenvalue weighted by molar-refractivity contribution is -0.114. The molecule has 10 heteroatoms. The maximum absolute atomic E-state index is 13.6. The first-order chi connectivity index (χ1) is 19.7. The van der Waals surface area contributed by atoms with Crippen LogP contribution in [0, 0.1) is 0 Å². The lowest BCUT2D eigenvalue weighted by atomic mass is 9.99. The smallest absolute Gasteiger partial charge is 0.259 e. The molecule has 3 heterocycles. The number of aryl methyl sites for hydroxylation is 1. The fourth-order valence-corrected chi connectivity index (χ4v) is 4.84. The molecule has 0 atom stereocenters. The summed E-state index contributed by atoms with van der Waals surface area (Å²) in [7, 11) is 5.78. The van der Waals surface area contributed by atoms with Crippen molar-refractivity contribution in [3.05, 3.63) is 94.1 Å². The summed E-state index contributed by atoms with van der Waals surface area (Å²) in [6.07, 6.45) is 6.00. The zero-order chi connectivity index (χ0) is 29.1. The van der Waals surface area contributed by atoms with Crippen LogP contribution in [-0.2, 0) is 18.3 Å². The summed E-state index contributed by atoms with van der Waals surface area (Å²) >= 11 is 6.73. The Kier molecular flexibility index (Phi) is 8.09. The van der Waals surface area contributed by atoms with Gasteiger partial charge in [-0.2, -0.15) is 4.98 Å². The number of nitrogens with zero attached hydrogens (tertiary/aromatic N) is 5. The SMILES string of the molecule is CC(=O)Nc1cc(-c2cc3cnc(Nc4ccc(CCN(C)C)cc4)nc3n(C)c2=O)c(Cl)cc1-c1cccnc1. The monoisotopic (exact) mass is 567 g/mol. The van der Waals surface area contributed by atoms with Crippen molar-refractivity contribution in [3.63, 3.8) is 0 Å². The van der Waals surface area contributed by atoms with E-state index in [9.17, 15) is 9.59 Å². The van der Waals surface area contributed by atoms with Crippen molar-refractivity contribution >= 4 is 45.9 Å². The molecule has 3 aromatic heterocycles. The quantitative estimate of drug-likeness (QED) is 0.254.